The fraction of sp³-hybridized carbons (Fsp3) is 0.381. The van der Waals surface area contributed by atoms with Crippen molar-refractivity contribution >= 4 is 5.91 Å². The molecule has 7 heteroatoms. The largest absolute Gasteiger partial charge is 0.440 e. The molecule has 1 N–H and O–H groups in total. The summed E-state index contributed by atoms with van der Waals surface area (Å²) in [6.45, 7) is 6.05. The van der Waals surface area contributed by atoms with Crippen molar-refractivity contribution in [1.29, 1.82) is 0 Å². The van der Waals surface area contributed by atoms with Crippen LogP contribution in [0.3, 0.4) is 0 Å². The van der Waals surface area contributed by atoms with Gasteiger partial charge >= 0.3 is 0 Å². The minimum atomic E-state index is -0.0949. The van der Waals surface area contributed by atoms with E-state index in [1.54, 1.807) is 17.8 Å². The van der Waals surface area contributed by atoms with Crippen LogP contribution in [0.2, 0.25) is 0 Å². The van der Waals surface area contributed by atoms with Crippen LogP contribution in [0, 0.1) is 6.92 Å². The Morgan fingerprint density at radius 2 is 2.11 bits per heavy atom. The predicted molar refractivity (Wildman–Crippen MR) is 106 cm³/mol. The summed E-state index contributed by atoms with van der Waals surface area (Å²) < 4.78 is 7.45. The summed E-state index contributed by atoms with van der Waals surface area (Å²) in [4.78, 5) is 19.7. The fourth-order valence-electron chi connectivity index (χ4n) is 3.61. The zero-order chi connectivity index (χ0) is 19.7. The van der Waals surface area contributed by atoms with E-state index in [2.05, 4.69) is 46.6 Å². The molecule has 4 rings (SSSR count). The van der Waals surface area contributed by atoms with Crippen molar-refractivity contribution < 1.29 is 9.21 Å². The number of hydrogen-bond acceptors (Lipinski definition) is 5. The summed E-state index contributed by atoms with van der Waals surface area (Å²) in [7, 11) is 1.83. The molecule has 1 amide bonds. The van der Waals surface area contributed by atoms with Crippen molar-refractivity contribution in [2.24, 2.45) is 7.05 Å². The number of rotatable bonds is 4. The first-order valence-corrected chi connectivity index (χ1v) is 9.63. The zero-order valence-electron chi connectivity index (χ0n) is 16.5. The van der Waals surface area contributed by atoms with Crippen molar-refractivity contribution in [2.45, 2.75) is 26.3 Å². The molecule has 1 saturated heterocycles. The Morgan fingerprint density at radius 1 is 1.32 bits per heavy atom. The van der Waals surface area contributed by atoms with Gasteiger partial charge in [0.2, 0.25) is 5.89 Å². The third-order valence-electron chi connectivity index (χ3n) is 5.23. The van der Waals surface area contributed by atoms with Gasteiger partial charge in [-0.15, -0.1) is 0 Å². The van der Waals surface area contributed by atoms with Crippen molar-refractivity contribution in [2.75, 3.05) is 19.6 Å². The number of carbonyl (C=O) groups is 1. The molecule has 0 bridgehead atoms. The van der Waals surface area contributed by atoms with Gasteiger partial charge in [-0.3, -0.25) is 9.48 Å². The lowest BCUT2D eigenvalue weighted by Crippen LogP contribution is -2.48. The second kappa shape index (κ2) is 7.59. The molecule has 0 spiro atoms. The van der Waals surface area contributed by atoms with E-state index >= 15 is 0 Å². The van der Waals surface area contributed by atoms with Crippen molar-refractivity contribution in [3.8, 4) is 11.5 Å². The number of benzene rings is 1. The molecule has 0 aliphatic carbocycles. The Labute approximate surface area is 164 Å². The third-order valence-corrected chi connectivity index (χ3v) is 5.23. The second-order valence-corrected chi connectivity index (χ2v) is 7.14. The number of carbonyl (C=O) groups excluding carboxylic acids is 1. The lowest BCUT2D eigenvalue weighted by Gasteiger charge is -2.36. The molecule has 1 aromatic carbocycles. The Kier molecular flexibility index (Phi) is 5.00. The van der Waals surface area contributed by atoms with Gasteiger partial charge in [0.1, 0.15) is 5.76 Å². The van der Waals surface area contributed by atoms with Gasteiger partial charge in [0, 0.05) is 32.9 Å². The lowest BCUT2D eigenvalue weighted by molar-refractivity contribution is 0.0627. The van der Waals surface area contributed by atoms with Crippen LogP contribution in [-0.2, 0) is 13.5 Å². The van der Waals surface area contributed by atoms with Gasteiger partial charge in [-0.05, 0) is 24.5 Å². The normalized spacial score (nSPS) is 17.1. The molecule has 1 unspecified atom stereocenters. The van der Waals surface area contributed by atoms with E-state index in [1.807, 2.05) is 18.1 Å². The first-order valence-electron chi connectivity index (χ1n) is 9.63. The molecular weight excluding hydrogens is 354 g/mol. The molecule has 7 nitrogen and oxygen atoms in total. The van der Waals surface area contributed by atoms with Crippen LogP contribution in [-0.4, -0.2) is 45.2 Å². The predicted octanol–water partition coefficient (Wildman–Crippen LogP) is 2.73. The molecule has 3 heterocycles. The summed E-state index contributed by atoms with van der Waals surface area (Å²) in [6, 6.07) is 8.48. The SMILES string of the molecule is CCc1ccc(C2CNCCN2C(=O)c2nc(-c3cnn(C)c3)oc2C)cc1. The van der Waals surface area contributed by atoms with Crippen LogP contribution in [0.25, 0.3) is 11.5 Å². The molecular formula is C21H25N5O2. The van der Waals surface area contributed by atoms with Gasteiger partial charge in [0.25, 0.3) is 5.91 Å². The van der Waals surface area contributed by atoms with Crippen molar-refractivity contribution in [3.63, 3.8) is 0 Å². The van der Waals surface area contributed by atoms with Crippen LogP contribution in [0.5, 0.6) is 0 Å². The van der Waals surface area contributed by atoms with E-state index in [0.29, 0.717) is 23.9 Å². The minimum absolute atomic E-state index is 0.0231. The average Bonchev–Trinajstić information content (AvgIpc) is 3.33. The second-order valence-electron chi connectivity index (χ2n) is 7.14. The number of oxazole rings is 1. The Morgan fingerprint density at radius 3 is 2.79 bits per heavy atom. The highest BCUT2D eigenvalue weighted by molar-refractivity contribution is 5.94. The Hall–Kier alpha value is -2.93. The van der Waals surface area contributed by atoms with E-state index in [-0.39, 0.29) is 11.9 Å². The summed E-state index contributed by atoms with van der Waals surface area (Å²) in [5.74, 6) is 0.859. The van der Waals surface area contributed by atoms with Crippen molar-refractivity contribution in [1.82, 2.24) is 25.0 Å². The molecule has 146 valence electrons. The number of nitrogens with one attached hydrogen (secondary N) is 1. The first-order chi connectivity index (χ1) is 13.6. The highest BCUT2D eigenvalue weighted by Gasteiger charge is 2.31. The maximum atomic E-state index is 13.3. The molecule has 28 heavy (non-hydrogen) atoms. The number of piperazine rings is 1. The minimum Gasteiger partial charge on any atom is -0.440 e. The molecule has 2 aromatic heterocycles. The monoisotopic (exact) mass is 379 g/mol. The maximum absolute atomic E-state index is 13.3. The first kappa shape index (κ1) is 18.4. The molecule has 1 aliphatic rings. The molecule has 1 atom stereocenters. The topological polar surface area (TPSA) is 76.2 Å². The fourth-order valence-corrected chi connectivity index (χ4v) is 3.61. The van der Waals surface area contributed by atoms with E-state index in [0.717, 1.165) is 30.6 Å². The van der Waals surface area contributed by atoms with Crippen LogP contribution in [0.4, 0.5) is 0 Å². The van der Waals surface area contributed by atoms with E-state index in [4.69, 9.17) is 4.42 Å². The van der Waals surface area contributed by atoms with Crippen LogP contribution < -0.4 is 5.32 Å². The third kappa shape index (κ3) is 3.45. The lowest BCUT2D eigenvalue weighted by atomic mass is 10.0. The Balaban J connectivity index is 1.62. The van der Waals surface area contributed by atoms with Crippen LogP contribution in [0.15, 0.2) is 41.1 Å². The van der Waals surface area contributed by atoms with Gasteiger partial charge in [0.15, 0.2) is 5.69 Å². The quantitative estimate of drug-likeness (QED) is 0.754. The highest BCUT2D eigenvalue weighted by atomic mass is 16.4. The number of aromatic nitrogens is 3. The summed E-state index contributed by atoms with van der Waals surface area (Å²) in [6.07, 6.45) is 4.51. The van der Waals surface area contributed by atoms with Gasteiger partial charge in [0.05, 0.1) is 17.8 Å². The molecule has 1 aliphatic heterocycles. The van der Waals surface area contributed by atoms with Gasteiger partial charge < -0.3 is 14.6 Å². The summed E-state index contributed by atoms with van der Waals surface area (Å²) in [5, 5.41) is 7.54. The summed E-state index contributed by atoms with van der Waals surface area (Å²) in [5.41, 5.74) is 3.55. The number of hydrogen-bond donors (Lipinski definition) is 1. The standard InChI is InChI=1S/C21H25N5O2/c1-4-15-5-7-16(8-6-15)18-12-22-9-10-26(18)21(27)19-14(2)28-20(24-19)17-11-23-25(3)13-17/h5-8,11,13,18,22H,4,9-10,12H2,1-3H3. The van der Waals surface area contributed by atoms with E-state index in [9.17, 15) is 4.79 Å². The van der Waals surface area contributed by atoms with Gasteiger partial charge in [-0.25, -0.2) is 4.98 Å². The van der Waals surface area contributed by atoms with E-state index < -0.39 is 0 Å². The Bertz CT molecular complexity index is 973. The summed E-state index contributed by atoms with van der Waals surface area (Å²) >= 11 is 0. The number of aryl methyl sites for hydroxylation is 3. The van der Waals surface area contributed by atoms with Gasteiger partial charge in [-0.1, -0.05) is 31.2 Å². The average molecular weight is 379 g/mol. The van der Waals surface area contributed by atoms with E-state index in [1.165, 1.54) is 5.56 Å². The molecule has 0 saturated carbocycles. The zero-order valence-corrected chi connectivity index (χ0v) is 16.5. The smallest absolute Gasteiger partial charge is 0.276 e. The molecule has 0 radical (unpaired) electrons. The highest BCUT2D eigenvalue weighted by Crippen LogP contribution is 2.27. The van der Waals surface area contributed by atoms with Crippen molar-refractivity contribution in [3.05, 3.63) is 59.2 Å². The molecule has 1 fully saturated rings. The maximum Gasteiger partial charge on any atom is 0.276 e. The number of amides is 1. The molecule has 3 aromatic rings. The van der Waals surface area contributed by atoms with Crippen LogP contribution >= 0.6 is 0 Å². The van der Waals surface area contributed by atoms with Gasteiger partial charge in [-0.2, -0.15) is 5.10 Å². The van der Waals surface area contributed by atoms with Crippen LogP contribution in [0.1, 0.15) is 40.3 Å². The number of nitrogens with zero attached hydrogens (tertiary/aromatic N) is 4.